The zero-order chi connectivity index (χ0) is 11.4. The lowest BCUT2D eigenvalue weighted by atomic mass is 9.96. The number of alkyl halides is 1. The van der Waals surface area contributed by atoms with Crippen LogP contribution in [0.25, 0.3) is 0 Å². The summed E-state index contributed by atoms with van der Waals surface area (Å²) in [6, 6.07) is 10.6. The van der Waals surface area contributed by atoms with E-state index in [0.29, 0.717) is 5.92 Å². The number of rotatable bonds is 3. The fraction of sp³-hybridized carbons (Fsp3) is 0.538. The molecule has 2 nitrogen and oxygen atoms in total. The van der Waals surface area contributed by atoms with Gasteiger partial charge in [0.2, 0.25) is 0 Å². The Balaban J connectivity index is 1.92. The number of likely N-dealkylation sites (tertiary alicyclic amines) is 1. The van der Waals surface area contributed by atoms with Crippen LogP contribution >= 0.6 is 22.6 Å². The largest absolute Gasteiger partial charge is 0.393 e. The summed E-state index contributed by atoms with van der Waals surface area (Å²) in [6.45, 7) is 3.06. The van der Waals surface area contributed by atoms with E-state index < -0.39 is 0 Å². The van der Waals surface area contributed by atoms with E-state index in [4.69, 9.17) is 0 Å². The molecule has 0 saturated carbocycles. The maximum atomic E-state index is 9.82. The fourth-order valence-electron chi connectivity index (χ4n) is 2.23. The Bertz CT molecular complexity index is 317. The molecule has 1 aliphatic rings. The lowest BCUT2D eigenvalue weighted by Crippen LogP contribution is -2.43. The molecule has 2 rings (SSSR count). The molecule has 1 saturated heterocycles. The SMILES string of the molecule is O[C@H]1CCN(Cc2ccccc2)C[C@@H]1CI. The molecule has 2 atom stereocenters. The van der Waals surface area contributed by atoms with E-state index in [-0.39, 0.29) is 6.10 Å². The van der Waals surface area contributed by atoms with Gasteiger partial charge in [0, 0.05) is 30.0 Å². The molecule has 1 N–H and O–H groups in total. The van der Waals surface area contributed by atoms with Crippen LogP contribution in [0.4, 0.5) is 0 Å². The van der Waals surface area contributed by atoms with Gasteiger partial charge in [0.15, 0.2) is 0 Å². The molecule has 0 unspecified atom stereocenters. The summed E-state index contributed by atoms with van der Waals surface area (Å²) in [5, 5.41) is 9.82. The molecule has 0 spiro atoms. The molecular weight excluding hydrogens is 313 g/mol. The summed E-state index contributed by atoms with van der Waals surface area (Å²) in [4.78, 5) is 2.45. The molecule has 1 aliphatic heterocycles. The molecule has 1 heterocycles. The van der Waals surface area contributed by atoms with Crippen LogP contribution < -0.4 is 0 Å². The van der Waals surface area contributed by atoms with Crippen molar-refractivity contribution < 1.29 is 5.11 Å². The highest BCUT2D eigenvalue weighted by molar-refractivity contribution is 14.1. The highest BCUT2D eigenvalue weighted by Crippen LogP contribution is 2.20. The second kappa shape index (κ2) is 5.98. The van der Waals surface area contributed by atoms with E-state index >= 15 is 0 Å². The molecular formula is C13H18INO. The van der Waals surface area contributed by atoms with Gasteiger partial charge in [0.05, 0.1) is 6.10 Å². The van der Waals surface area contributed by atoms with Crippen molar-refractivity contribution in [1.29, 1.82) is 0 Å². The molecule has 1 fully saturated rings. The number of hydrogen-bond acceptors (Lipinski definition) is 2. The van der Waals surface area contributed by atoms with Crippen molar-refractivity contribution in [1.82, 2.24) is 4.90 Å². The highest BCUT2D eigenvalue weighted by atomic mass is 127. The summed E-state index contributed by atoms with van der Waals surface area (Å²) in [5.41, 5.74) is 1.37. The Morgan fingerprint density at radius 3 is 2.75 bits per heavy atom. The van der Waals surface area contributed by atoms with Crippen molar-refractivity contribution >= 4 is 22.6 Å². The van der Waals surface area contributed by atoms with E-state index in [0.717, 1.165) is 30.5 Å². The van der Waals surface area contributed by atoms with Crippen molar-refractivity contribution in [2.45, 2.75) is 19.1 Å². The van der Waals surface area contributed by atoms with Crippen LogP contribution in [0.1, 0.15) is 12.0 Å². The number of aliphatic hydroxyl groups excluding tert-OH is 1. The highest BCUT2D eigenvalue weighted by Gasteiger charge is 2.26. The van der Waals surface area contributed by atoms with Gasteiger partial charge in [-0.25, -0.2) is 0 Å². The minimum absolute atomic E-state index is 0.0936. The van der Waals surface area contributed by atoms with E-state index in [9.17, 15) is 5.11 Å². The average molecular weight is 331 g/mol. The first-order valence-electron chi connectivity index (χ1n) is 5.80. The number of benzene rings is 1. The van der Waals surface area contributed by atoms with Crippen LogP contribution in [0.2, 0.25) is 0 Å². The number of halogens is 1. The molecule has 0 bridgehead atoms. The van der Waals surface area contributed by atoms with Gasteiger partial charge in [-0.15, -0.1) is 0 Å². The van der Waals surface area contributed by atoms with Crippen molar-refractivity contribution in [2.75, 3.05) is 17.5 Å². The first kappa shape index (κ1) is 12.3. The van der Waals surface area contributed by atoms with Crippen molar-refractivity contribution in [3.8, 4) is 0 Å². The summed E-state index contributed by atoms with van der Waals surface area (Å²) < 4.78 is 1.05. The summed E-state index contributed by atoms with van der Waals surface area (Å²) in [7, 11) is 0. The summed E-state index contributed by atoms with van der Waals surface area (Å²) >= 11 is 2.38. The second-order valence-electron chi connectivity index (χ2n) is 4.49. The zero-order valence-corrected chi connectivity index (χ0v) is 11.5. The average Bonchev–Trinajstić information content (AvgIpc) is 2.33. The van der Waals surface area contributed by atoms with Gasteiger partial charge in [-0.3, -0.25) is 4.90 Å². The number of hydrogen-bond donors (Lipinski definition) is 1. The minimum Gasteiger partial charge on any atom is -0.393 e. The molecule has 1 aromatic carbocycles. The third-order valence-electron chi connectivity index (χ3n) is 3.23. The third kappa shape index (κ3) is 3.18. The maximum Gasteiger partial charge on any atom is 0.0600 e. The van der Waals surface area contributed by atoms with Crippen molar-refractivity contribution in [3.63, 3.8) is 0 Å². The molecule has 0 radical (unpaired) electrons. The summed E-state index contributed by atoms with van der Waals surface area (Å²) in [5.74, 6) is 0.443. The van der Waals surface area contributed by atoms with Crippen molar-refractivity contribution in [2.24, 2.45) is 5.92 Å². The Labute approximate surface area is 111 Å². The zero-order valence-electron chi connectivity index (χ0n) is 9.35. The van der Waals surface area contributed by atoms with Crippen molar-refractivity contribution in [3.05, 3.63) is 35.9 Å². The third-order valence-corrected chi connectivity index (χ3v) is 4.36. The molecule has 1 aromatic rings. The van der Waals surface area contributed by atoms with Gasteiger partial charge in [-0.05, 0) is 12.0 Å². The van der Waals surface area contributed by atoms with Crippen LogP contribution in [-0.2, 0) is 6.54 Å². The predicted octanol–water partition coefficient (Wildman–Crippen LogP) is 2.30. The van der Waals surface area contributed by atoms with E-state index in [1.165, 1.54) is 5.56 Å². The molecule has 88 valence electrons. The standard InChI is InChI=1S/C13H18INO/c14-8-12-10-15(7-6-13(12)16)9-11-4-2-1-3-5-11/h1-5,12-13,16H,6-10H2/t12-,13-/m0/s1. The molecule has 0 amide bonds. The van der Waals surface area contributed by atoms with Gasteiger partial charge >= 0.3 is 0 Å². The predicted molar refractivity (Wildman–Crippen MR) is 74.7 cm³/mol. The number of aliphatic hydroxyl groups is 1. The number of nitrogens with zero attached hydrogens (tertiary/aromatic N) is 1. The number of piperidine rings is 1. The van der Waals surface area contributed by atoms with Crippen LogP contribution in [0.5, 0.6) is 0 Å². The lowest BCUT2D eigenvalue weighted by Gasteiger charge is -2.35. The Morgan fingerprint density at radius 2 is 2.06 bits per heavy atom. The lowest BCUT2D eigenvalue weighted by molar-refractivity contribution is 0.0353. The topological polar surface area (TPSA) is 23.5 Å². The van der Waals surface area contributed by atoms with Crippen LogP contribution in [0.15, 0.2) is 30.3 Å². The van der Waals surface area contributed by atoms with Gasteiger partial charge in [0.1, 0.15) is 0 Å². The van der Waals surface area contributed by atoms with Crippen LogP contribution in [-0.4, -0.2) is 33.6 Å². The van der Waals surface area contributed by atoms with Gasteiger partial charge in [-0.2, -0.15) is 0 Å². The summed E-state index contributed by atoms with van der Waals surface area (Å²) in [6.07, 6.45) is 0.824. The molecule has 0 aliphatic carbocycles. The molecule has 3 heteroatoms. The molecule has 16 heavy (non-hydrogen) atoms. The van der Waals surface area contributed by atoms with E-state index in [1.54, 1.807) is 0 Å². The van der Waals surface area contributed by atoms with Gasteiger partial charge < -0.3 is 5.11 Å². The quantitative estimate of drug-likeness (QED) is 0.679. The van der Waals surface area contributed by atoms with Crippen LogP contribution in [0, 0.1) is 5.92 Å². The smallest absolute Gasteiger partial charge is 0.0600 e. The first-order chi connectivity index (χ1) is 7.79. The Kier molecular flexibility index (Phi) is 4.61. The second-order valence-corrected chi connectivity index (χ2v) is 5.37. The monoisotopic (exact) mass is 331 g/mol. The normalized spacial score (nSPS) is 26.9. The van der Waals surface area contributed by atoms with E-state index in [1.807, 2.05) is 0 Å². The Hall–Kier alpha value is -0.130. The van der Waals surface area contributed by atoms with E-state index in [2.05, 4.69) is 57.8 Å². The van der Waals surface area contributed by atoms with Crippen LogP contribution in [0.3, 0.4) is 0 Å². The van der Waals surface area contributed by atoms with Gasteiger partial charge in [0.25, 0.3) is 0 Å². The maximum absolute atomic E-state index is 9.82. The first-order valence-corrected chi connectivity index (χ1v) is 7.32. The molecule has 0 aromatic heterocycles. The minimum atomic E-state index is -0.0936. The van der Waals surface area contributed by atoms with Gasteiger partial charge in [-0.1, -0.05) is 52.9 Å². The fourth-order valence-corrected chi connectivity index (χ4v) is 3.10. The Morgan fingerprint density at radius 1 is 1.31 bits per heavy atom.